The maximum atomic E-state index is 12.7. The summed E-state index contributed by atoms with van der Waals surface area (Å²) in [7, 11) is 0. The number of rotatable bonds is 1. The minimum absolute atomic E-state index is 0.0788. The summed E-state index contributed by atoms with van der Waals surface area (Å²) in [4.78, 5) is 17.3. The van der Waals surface area contributed by atoms with E-state index in [2.05, 4.69) is 4.98 Å². The lowest BCUT2D eigenvalue weighted by Crippen LogP contribution is -2.27. The number of imidazole rings is 1. The molecule has 0 amide bonds. The number of ether oxygens (including phenoxy) is 1. The van der Waals surface area contributed by atoms with E-state index in [-0.39, 0.29) is 5.75 Å². The van der Waals surface area contributed by atoms with Crippen LogP contribution in [0.3, 0.4) is 0 Å². The van der Waals surface area contributed by atoms with Gasteiger partial charge in [-0.1, -0.05) is 18.2 Å². The van der Waals surface area contributed by atoms with Crippen molar-refractivity contribution in [2.75, 3.05) is 0 Å². The first-order valence-corrected chi connectivity index (χ1v) is 7.77. The fourth-order valence-corrected chi connectivity index (χ4v) is 2.53. The molecule has 0 spiro atoms. The Morgan fingerprint density at radius 1 is 1.17 bits per heavy atom. The Morgan fingerprint density at radius 3 is 2.54 bits per heavy atom. The van der Waals surface area contributed by atoms with Crippen molar-refractivity contribution >= 4 is 17.1 Å². The molecule has 3 rings (SSSR count). The van der Waals surface area contributed by atoms with E-state index in [1.165, 1.54) is 4.57 Å². The number of phenolic OH excluding ortho intramolecular Hbond substituents is 1. The fraction of sp³-hybridized carbons (Fsp3) is 0.263. The summed E-state index contributed by atoms with van der Waals surface area (Å²) in [5, 5.41) is 10.3. The predicted octanol–water partition coefficient (Wildman–Crippen LogP) is 4.50. The van der Waals surface area contributed by atoms with Gasteiger partial charge in [0.15, 0.2) is 5.82 Å². The van der Waals surface area contributed by atoms with Crippen LogP contribution >= 0.6 is 0 Å². The summed E-state index contributed by atoms with van der Waals surface area (Å²) >= 11 is 0. The van der Waals surface area contributed by atoms with Gasteiger partial charge in [-0.15, -0.1) is 0 Å². The lowest BCUT2D eigenvalue weighted by atomic mass is 10.1. The van der Waals surface area contributed by atoms with E-state index < -0.39 is 11.7 Å². The van der Waals surface area contributed by atoms with Gasteiger partial charge in [-0.2, -0.15) is 0 Å². The minimum Gasteiger partial charge on any atom is -0.507 e. The standard InChI is InChI=1S/C19H20N2O3/c1-12-9-10-13(16(22)11-12)17-20-14-7-5-6-8-15(14)21(17)18(23)24-19(2,3)4/h5-11,22H,1-4H3. The number of fused-ring (bicyclic) bond motifs is 1. The highest BCUT2D eigenvalue weighted by atomic mass is 16.6. The summed E-state index contributed by atoms with van der Waals surface area (Å²) < 4.78 is 6.93. The Kier molecular flexibility index (Phi) is 3.79. The number of aromatic hydroxyl groups is 1. The SMILES string of the molecule is Cc1ccc(-c2nc3ccccc3n2C(=O)OC(C)(C)C)c(O)c1. The Morgan fingerprint density at radius 2 is 1.88 bits per heavy atom. The molecule has 0 fully saturated rings. The maximum Gasteiger partial charge on any atom is 0.420 e. The lowest BCUT2D eigenvalue weighted by Gasteiger charge is -2.20. The first-order chi connectivity index (χ1) is 11.3. The molecule has 1 N–H and O–H groups in total. The first kappa shape index (κ1) is 16.1. The Hall–Kier alpha value is -2.82. The second-order valence-corrected chi connectivity index (χ2v) is 6.76. The average molecular weight is 324 g/mol. The van der Waals surface area contributed by atoms with Gasteiger partial charge >= 0.3 is 6.09 Å². The average Bonchev–Trinajstić information content (AvgIpc) is 2.84. The van der Waals surface area contributed by atoms with Crippen LogP contribution in [0.5, 0.6) is 5.75 Å². The number of carbonyl (C=O) groups is 1. The van der Waals surface area contributed by atoms with Gasteiger partial charge in [0.2, 0.25) is 0 Å². The Labute approximate surface area is 140 Å². The van der Waals surface area contributed by atoms with Crippen molar-refractivity contribution in [3.8, 4) is 17.1 Å². The smallest absolute Gasteiger partial charge is 0.420 e. The van der Waals surface area contributed by atoms with E-state index in [9.17, 15) is 9.90 Å². The molecule has 0 aliphatic carbocycles. The molecule has 24 heavy (non-hydrogen) atoms. The molecule has 5 heteroatoms. The Balaban J connectivity index is 2.24. The van der Waals surface area contributed by atoms with Crippen LogP contribution in [0.1, 0.15) is 26.3 Å². The molecule has 5 nitrogen and oxygen atoms in total. The second-order valence-electron chi connectivity index (χ2n) is 6.76. The summed E-state index contributed by atoms with van der Waals surface area (Å²) in [5.41, 5.74) is 2.09. The zero-order valence-electron chi connectivity index (χ0n) is 14.2. The third-order valence-electron chi connectivity index (χ3n) is 3.53. The zero-order chi connectivity index (χ0) is 17.5. The van der Waals surface area contributed by atoms with Crippen LogP contribution in [0, 0.1) is 6.92 Å². The van der Waals surface area contributed by atoms with Crippen LogP contribution in [-0.4, -0.2) is 26.4 Å². The van der Waals surface area contributed by atoms with E-state index in [0.29, 0.717) is 22.4 Å². The largest absolute Gasteiger partial charge is 0.507 e. The van der Waals surface area contributed by atoms with Crippen LogP contribution < -0.4 is 0 Å². The summed E-state index contributed by atoms with van der Waals surface area (Å²) in [5.74, 6) is 0.443. The fourth-order valence-electron chi connectivity index (χ4n) is 2.53. The quantitative estimate of drug-likeness (QED) is 0.716. The number of nitrogens with zero attached hydrogens (tertiary/aromatic N) is 2. The molecule has 0 bridgehead atoms. The van der Waals surface area contributed by atoms with Gasteiger partial charge < -0.3 is 9.84 Å². The van der Waals surface area contributed by atoms with E-state index in [1.807, 2.05) is 52.0 Å². The molecule has 1 heterocycles. The molecule has 124 valence electrons. The summed E-state index contributed by atoms with van der Waals surface area (Å²) in [6.45, 7) is 7.33. The molecule has 0 atom stereocenters. The first-order valence-electron chi connectivity index (χ1n) is 7.77. The number of hydrogen-bond acceptors (Lipinski definition) is 4. The molecule has 2 aromatic carbocycles. The van der Waals surface area contributed by atoms with Crippen LogP contribution in [0.2, 0.25) is 0 Å². The van der Waals surface area contributed by atoms with Crippen molar-refractivity contribution in [2.45, 2.75) is 33.3 Å². The van der Waals surface area contributed by atoms with Crippen LogP contribution in [-0.2, 0) is 4.74 Å². The van der Waals surface area contributed by atoms with Crippen LogP contribution in [0.15, 0.2) is 42.5 Å². The second kappa shape index (κ2) is 5.67. The number of phenols is 1. The maximum absolute atomic E-state index is 12.7. The van der Waals surface area contributed by atoms with E-state index >= 15 is 0 Å². The van der Waals surface area contributed by atoms with Crippen molar-refractivity contribution in [1.29, 1.82) is 0 Å². The molecule has 0 unspecified atom stereocenters. The molecule has 3 aromatic rings. The van der Waals surface area contributed by atoms with Gasteiger partial charge in [-0.25, -0.2) is 14.3 Å². The normalized spacial score (nSPS) is 11.7. The zero-order valence-corrected chi connectivity index (χ0v) is 14.2. The highest BCUT2D eigenvalue weighted by Gasteiger charge is 2.24. The highest BCUT2D eigenvalue weighted by Crippen LogP contribution is 2.32. The molecule has 0 saturated heterocycles. The molecular formula is C19H20N2O3. The van der Waals surface area contributed by atoms with Gasteiger partial charge in [0.25, 0.3) is 0 Å². The lowest BCUT2D eigenvalue weighted by molar-refractivity contribution is 0.0546. The van der Waals surface area contributed by atoms with Crippen molar-refractivity contribution in [1.82, 2.24) is 9.55 Å². The molecule has 0 aliphatic heterocycles. The topological polar surface area (TPSA) is 64.4 Å². The van der Waals surface area contributed by atoms with Crippen molar-refractivity contribution in [3.63, 3.8) is 0 Å². The predicted molar refractivity (Wildman–Crippen MR) is 93.2 cm³/mol. The minimum atomic E-state index is -0.630. The van der Waals surface area contributed by atoms with Gasteiger partial charge in [-0.3, -0.25) is 0 Å². The van der Waals surface area contributed by atoms with Gasteiger partial charge in [0.1, 0.15) is 11.4 Å². The van der Waals surface area contributed by atoms with Crippen molar-refractivity contribution in [2.24, 2.45) is 0 Å². The molecular weight excluding hydrogens is 304 g/mol. The van der Waals surface area contributed by atoms with Crippen LogP contribution in [0.4, 0.5) is 4.79 Å². The molecule has 0 radical (unpaired) electrons. The molecule has 0 saturated carbocycles. The number of hydrogen-bond donors (Lipinski definition) is 1. The molecule has 0 aliphatic rings. The summed E-state index contributed by atoms with van der Waals surface area (Å²) in [6, 6.07) is 12.6. The number of carbonyl (C=O) groups excluding carboxylic acids is 1. The van der Waals surface area contributed by atoms with Crippen LogP contribution in [0.25, 0.3) is 22.4 Å². The monoisotopic (exact) mass is 324 g/mol. The van der Waals surface area contributed by atoms with Gasteiger partial charge in [-0.05, 0) is 57.5 Å². The molecule has 1 aromatic heterocycles. The number of aryl methyl sites for hydroxylation is 1. The Bertz CT molecular complexity index is 920. The van der Waals surface area contributed by atoms with Gasteiger partial charge in [0, 0.05) is 0 Å². The van der Waals surface area contributed by atoms with E-state index in [0.717, 1.165) is 5.56 Å². The third-order valence-corrected chi connectivity index (χ3v) is 3.53. The number of para-hydroxylation sites is 2. The van der Waals surface area contributed by atoms with E-state index in [4.69, 9.17) is 4.74 Å². The van der Waals surface area contributed by atoms with E-state index in [1.54, 1.807) is 18.2 Å². The number of aromatic nitrogens is 2. The van der Waals surface area contributed by atoms with Gasteiger partial charge in [0.05, 0.1) is 16.6 Å². The van der Waals surface area contributed by atoms with Crippen molar-refractivity contribution < 1.29 is 14.6 Å². The van der Waals surface area contributed by atoms with Crippen molar-refractivity contribution in [3.05, 3.63) is 48.0 Å². The highest BCUT2D eigenvalue weighted by molar-refractivity contribution is 5.92. The number of benzene rings is 2. The summed E-state index contributed by atoms with van der Waals surface area (Å²) in [6.07, 6.45) is -0.522. The third kappa shape index (κ3) is 2.97.